The molecule has 1 aliphatic carbocycles. The molecule has 1 aromatic heterocycles. The third-order valence-corrected chi connectivity index (χ3v) is 4.37. The highest BCUT2D eigenvalue weighted by atomic mass is 32.1. The van der Waals surface area contributed by atoms with Crippen LogP contribution in [0.15, 0.2) is 6.07 Å². The minimum atomic E-state index is 0.0352. The molecule has 0 spiro atoms. The Morgan fingerprint density at radius 3 is 2.73 bits per heavy atom. The smallest absolute Gasteiger partial charge is 0.0485 e. The lowest BCUT2D eigenvalue weighted by molar-refractivity contribution is 0.160. The van der Waals surface area contributed by atoms with Gasteiger partial charge in [-0.05, 0) is 49.1 Å². The second kappa shape index (κ2) is 4.26. The highest BCUT2D eigenvalue weighted by molar-refractivity contribution is 7.12. The Balaban J connectivity index is 2.13. The van der Waals surface area contributed by atoms with Crippen molar-refractivity contribution < 1.29 is 5.11 Å². The van der Waals surface area contributed by atoms with Crippen LogP contribution in [0.5, 0.6) is 0 Å². The lowest BCUT2D eigenvalue weighted by atomic mass is 9.89. The third-order valence-electron chi connectivity index (χ3n) is 3.13. The van der Waals surface area contributed by atoms with Crippen molar-refractivity contribution >= 4 is 11.3 Å². The molecule has 0 aliphatic heterocycles. The lowest BCUT2D eigenvalue weighted by Gasteiger charge is -2.20. The summed E-state index contributed by atoms with van der Waals surface area (Å²) in [5.41, 5.74) is 1.61. The Bertz CT molecular complexity index is 315. The number of hydrogen-bond acceptors (Lipinski definition) is 2. The monoisotopic (exact) mass is 224 g/mol. The van der Waals surface area contributed by atoms with Gasteiger partial charge in [-0.2, -0.15) is 0 Å². The molecule has 2 rings (SSSR count). The molecule has 0 saturated heterocycles. The van der Waals surface area contributed by atoms with Crippen LogP contribution >= 0.6 is 11.3 Å². The molecule has 15 heavy (non-hydrogen) atoms. The van der Waals surface area contributed by atoms with Crippen LogP contribution in [0.3, 0.4) is 0 Å². The first-order chi connectivity index (χ1) is 7.11. The van der Waals surface area contributed by atoms with Gasteiger partial charge in [0.1, 0.15) is 0 Å². The van der Waals surface area contributed by atoms with Crippen molar-refractivity contribution in [1.29, 1.82) is 0 Å². The second-order valence-corrected chi connectivity index (χ2v) is 6.59. The molecule has 1 aliphatic rings. The van der Waals surface area contributed by atoms with Crippen molar-refractivity contribution in [2.24, 2.45) is 5.41 Å². The maximum Gasteiger partial charge on any atom is 0.0485 e. The minimum Gasteiger partial charge on any atom is -0.396 e. The summed E-state index contributed by atoms with van der Waals surface area (Å²) in [5, 5.41) is 9.26. The van der Waals surface area contributed by atoms with E-state index in [1.165, 1.54) is 30.6 Å². The highest BCUT2D eigenvalue weighted by Crippen LogP contribution is 2.33. The molecule has 84 valence electrons. The maximum atomic E-state index is 9.26. The third kappa shape index (κ3) is 2.61. The summed E-state index contributed by atoms with van der Waals surface area (Å²) in [5.74, 6) is 0. The molecule has 0 amide bonds. The van der Waals surface area contributed by atoms with Crippen molar-refractivity contribution in [1.82, 2.24) is 0 Å². The summed E-state index contributed by atoms with van der Waals surface area (Å²) in [7, 11) is 0. The molecule has 0 unspecified atom stereocenters. The molecule has 0 aromatic carbocycles. The van der Waals surface area contributed by atoms with Crippen molar-refractivity contribution in [3.8, 4) is 0 Å². The molecule has 1 aromatic rings. The fourth-order valence-electron chi connectivity index (χ4n) is 2.17. The highest BCUT2D eigenvalue weighted by Gasteiger charge is 2.20. The van der Waals surface area contributed by atoms with Crippen LogP contribution in [0.1, 0.15) is 42.0 Å². The van der Waals surface area contributed by atoms with E-state index in [9.17, 15) is 5.11 Å². The Hall–Kier alpha value is -0.340. The zero-order chi connectivity index (χ0) is 10.9. The van der Waals surface area contributed by atoms with Gasteiger partial charge < -0.3 is 5.11 Å². The summed E-state index contributed by atoms with van der Waals surface area (Å²) in [4.78, 5) is 3.06. The maximum absolute atomic E-state index is 9.26. The van der Waals surface area contributed by atoms with E-state index >= 15 is 0 Å². The van der Waals surface area contributed by atoms with E-state index in [1.54, 1.807) is 10.4 Å². The number of rotatable bonds is 3. The van der Waals surface area contributed by atoms with Gasteiger partial charge in [0.25, 0.3) is 0 Å². The number of aliphatic hydroxyl groups is 1. The molecule has 0 bridgehead atoms. The van der Waals surface area contributed by atoms with Gasteiger partial charge >= 0.3 is 0 Å². The van der Waals surface area contributed by atoms with Crippen LogP contribution in [0.25, 0.3) is 0 Å². The van der Waals surface area contributed by atoms with E-state index in [4.69, 9.17) is 0 Å². The Morgan fingerprint density at radius 1 is 1.33 bits per heavy atom. The topological polar surface area (TPSA) is 20.2 Å². The van der Waals surface area contributed by atoms with Gasteiger partial charge in [0, 0.05) is 16.4 Å². The van der Waals surface area contributed by atoms with Crippen LogP contribution in [0.2, 0.25) is 0 Å². The van der Waals surface area contributed by atoms with Crippen LogP contribution in [-0.4, -0.2) is 11.7 Å². The van der Waals surface area contributed by atoms with E-state index in [1.807, 2.05) is 11.3 Å². The second-order valence-electron chi connectivity index (χ2n) is 5.37. The van der Waals surface area contributed by atoms with Gasteiger partial charge in [-0.25, -0.2) is 0 Å². The average molecular weight is 224 g/mol. The van der Waals surface area contributed by atoms with Crippen LogP contribution in [-0.2, 0) is 19.3 Å². The largest absolute Gasteiger partial charge is 0.396 e. The van der Waals surface area contributed by atoms with Crippen LogP contribution in [0.4, 0.5) is 0 Å². The molecule has 1 heterocycles. The minimum absolute atomic E-state index is 0.0352. The predicted molar refractivity (Wildman–Crippen MR) is 65.5 cm³/mol. The van der Waals surface area contributed by atoms with Gasteiger partial charge in [-0.1, -0.05) is 13.8 Å². The van der Waals surface area contributed by atoms with E-state index in [0.717, 1.165) is 6.42 Å². The van der Waals surface area contributed by atoms with Crippen LogP contribution < -0.4 is 0 Å². The summed E-state index contributed by atoms with van der Waals surface area (Å²) in [6.45, 7) is 4.53. The Morgan fingerprint density at radius 2 is 2.07 bits per heavy atom. The average Bonchev–Trinajstić information content (AvgIpc) is 2.58. The zero-order valence-corrected chi connectivity index (χ0v) is 10.5. The van der Waals surface area contributed by atoms with Gasteiger partial charge in [-0.15, -0.1) is 11.3 Å². The van der Waals surface area contributed by atoms with Crippen molar-refractivity contribution in [3.05, 3.63) is 21.4 Å². The SMILES string of the molecule is CC(C)(CO)Cc1cc2c(s1)CCCC2. The number of aliphatic hydroxyl groups excluding tert-OH is 1. The zero-order valence-electron chi connectivity index (χ0n) is 9.68. The summed E-state index contributed by atoms with van der Waals surface area (Å²) >= 11 is 1.97. The van der Waals surface area contributed by atoms with Gasteiger partial charge in [-0.3, -0.25) is 0 Å². The number of thiophene rings is 1. The molecule has 0 fully saturated rings. The number of fused-ring (bicyclic) bond motifs is 1. The predicted octanol–water partition coefficient (Wildman–Crippen LogP) is 3.19. The first-order valence-electron chi connectivity index (χ1n) is 5.82. The molecule has 0 saturated carbocycles. The Kier molecular flexibility index (Phi) is 3.17. The van der Waals surface area contributed by atoms with E-state index in [-0.39, 0.29) is 12.0 Å². The van der Waals surface area contributed by atoms with Gasteiger partial charge in [0.15, 0.2) is 0 Å². The van der Waals surface area contributed by atoms with Crippen molar-refractivity contribution in [3.63, 3.8) is 0 Å². The summed E-state index contributed by atoms with van der Waals surface area (Å²) < 4.78 is 0. The fraction of sp³-hybridized carbons (Fsp3) is 0.692. The molecule has 1 N–H and O–H groups in total. The van der Waals surface area contributed by atoms with Gasteiger partial charge in [0.05, 0.1) is 0 Å². The quantitative estimate of drug-likeness (QED) is 0.836. The molecule has 0 radical (unpaired) electrons. The van der Waals surface area contributed by atoms with Crippen molar-refractivity contribution in [2.45, 2.75) is 46.0 Å². The van der Waals surface area contributed by atoms with Crippen molar-refractivity contribution in [2.75, 3.05) is 6.61 Å². The first kappa shape index (κ1) is 11.2. The van der Waals surface area contributed by atoms with Crippen LogP contribution in [0, 0.1) is 5.41 Å². The Labute approximate surface area is 96.1 Å². The lowest BCUT2D eigenvalue weighted by Crippen LogP contribution is -2.18. The van der Waals surface area contributed by atoms with E-state index < -0.39 is 0 Å². The standard InChI is InChI=1S/C13H20OS/c1-13(2,9-14)8-11-7-10-5-3-4-6-12(10)15-11/h7,14H,3-6,8-9H2,1-2H3. The van der Waals surface area contributed by atoms with E-state index in [0.29, 0.717) is 0 Å². The molecular weight excluding hydrogens is 204 g/mol. The van der Waals surface area contributed by atoms with Gasteiger partial charge in [0.2, 0.25) is 0 Å². The summed E-state index contributed by atoms with van der Waals surface area (Å²) in [6.07, 6.45) is 6.27. The number of aryl methyl sites for hydroxylation is 2. The molecule has 0 atom stereocenters. The fourth-order valence-corrected chi connectivity index (χ4v) is 3.69. The van der Waals surface area contributed by atoms with E-state index in [2.05, 4.69) is 19.9 Å². The number of hydrogen-bond donors (Lipinski definition) is 1. The molecule has 2 heteroatoms. The molecular formula is C13H20OS. The summed E-state index contributed by atoms with van der Waals surface area (Å²) in [6, 6.07) is 2.37. The molecule has 1 nitrogen and oxygen atoms in total. The first-order valence-corrected chi connectivity index (χ1v) is 6.64. The normalized spacial score (nSPS) is 16.5.